The van der Waals surface area contributed by atoms with E-state index in [-0.39, 0.29) is 0 Å². The molecule has 0 spiro atoms. The van der Waals surface area contributed by atoms with Gasteiger partial charge in [-0.05, 0) is 30.0 Å². The van der Waals surface area contributed by atoms with E-state index in [1.54, 1.807) is 0 Å². The van der Waals surface area contributed by atoms with E-state index < -0.39 is 0 Å². The smallest absolute Gasteiger partial charge is 0.0408 e. The van der Waals surface area contributed by atoms with Crippen LogP contribution in [0.2, 0.25) is 5.02 Å². The zero-order valence-electron chi connectivity index (χ0n) is 9.33. The number of hydrogen-bond acceptors (Lipinski definition) is 2. The minimum atomic E-state index is 0.313. The summed E-state index contributed by atoms with van der Waals surface area (Å²) in [5.41, 5.74) is 4.11. The largest absolute Gasteiger partial charge is 0.271 e. The first kappa shape index (κ1) is 12.5. The summed E-state index contributed by atoms with van der Waals surface area (Å²) in [4.78, 5) is 0. The quantitative estimate of drug-likeness (QED) is 0.599. The minimum absolute atomic E-state index is 0.313. The summed E-state index contributed by atoms with van der Waals surface area (Å²) in [5, 5.41) is 0.785. The first-order chi connectivity index (χ1) is 7.17. The van der Waals surface area contributed by atoms with Crippen LogP contribution < -0.4 is 11.3 Å². The lowest BCUT2D eigenvalue weighted by molar-refractivity contribution is 0.370. The number of benzene rings is 1. The molecule has 0 amide bonds. The second-order valence-corrected chi connectivity index (χ2v) is 4.43. The van der Waals surface area contributed by atoms with Crippen LogP contribution in [0.3, 0.4) is 0 Å². The maximum Gasteiger partial charge on any atom is 0.0408 e. The predicted molar refractivity (Wildman–Crippen MR) is 65.7 cm³/mol. The molecular weight excluding hydrogens is 208 g/mol. The van der Waals surface area contributed by atoms with Gasteiger partial charge in [0.1, 0.15) is 0 Å². The van der Waals surface area contributed by atoms with Gasteiger partial charge in [0.15, 0.2) is 0 Å². The van der Waals surface area contributed by atoms with Crippen LogP contribution in [0.25, 0.3) is 0 Å². The van der Waals surface area contributed by atoms with Crippen LogP contribution in [0.4, 0.5) is 0 Å². The summed E-state index contributed by atoms with van der Waals surface area (Å²) >= 11 is 5.93. The van der Waals surface area contributed by atoms with Crippen LogP contribution in [0, 0.1) is 5.92 Å². The normalized spacial score (nSPS) is 14.9. The topological polar surface area (TPSA) is 38.0 Å². The van der Waals surface area contributed by atoms with E-state index >= 15 is 0 Å². The highest BCUT2D eigenvalue weighted by atomic mass is 35.5. The van der Waals surface area contributed by atoms with Gasteiger partial charge in [-0.3, -0.25) is 11.3 Å². The van der Waals surface area contributed by atoms with Crippen LogP contribution in [-0.4, -0.2) is 6.04 Å². The summed E-state index contributed by atoms with van der Waals surface area (Å²) in [6.45, 7) is 4.38. The Balaban J connectivity index is 2.66. The van der Waals surface area contributed by atoms with Crippen molar-refractivity contribution in [2.75, 3.05) is 0 Å². The molecule has 0 saturated carbocycles. The Bertz CT molecular complexity index is 301. The maximum absolute atomic E-state index is 5.93. The van der Waals surface area contributed by atoms with Gasteiger partial charge < -0.3 is 0 Å². The van der Waals surface area contributed by atoms with Gasteiger partial charge in [0, 0.05) is 11.1 Å². The molecule has 0 aliphatic rings. The summed E-state index contributed by atoms with van der Waals surface area (Å²) in [5.74, 6) is 6.12. The standard InChI is InChI=1S/C12H19ClN2/c1-3-9(2)12(15-14)8-10-5-4-6-11(13)7-10/h4-7,9,12,15H,3,8,14H2,1-2H3. The minimum Gasteiger partial charge on any atom is -0.271 e. The number of nitrogens with two attached hydrogens (primary N) is 1. The molecule has 0 bridgehead atoms. The van der Waals surface area contributed by atoms with Gasteiger partial charge in [-0.25, -0.2) is 0 Å². The third-order valence-electron chi connectivity index (χ3n) is 2.89. The molecule has 0 aromatic heterocycles. The Morgan fingerprint density at radius 1 is 1.47 bits per heavy atom. The fraction of sp³-hybridized carbons (Fsp3) is 0.500. The molecule has 3 heteroatoms. The van der Waals surface area contributed by atoms with Gasteiger partial charge in [-0.1, -0.05) is 44.0 Å². The van der Waals surface area contributed by atoms with E-state index in [1.807, 2.05) is 18.2 Å². The molecule has 2 nitrogen and oxygen atoms in total. The average molecular weight is 227 g/mol. The molecule has 0 heterocycles. The van der Waals surface area contributed by atoms with Crippen molar-refractivity contribution in [3.8, 4) is 0 Å². The Morgan fingerprint density at radius 2 is 2.20 bits per heavy atom. The van der Waals surface area contributed by atoms with E-state index in [2.05, 4.69) is 25.3 Å². The zero-order chi connectivity index (χ0) is 11.3. The van der Waals surface area contributed by atoms with Crippen molar-refractivity contribution in [3.63, 3.8) is 0 Å². The van der Waals surface area contributed by atoms with Crippen LogP contribution in [0.1, 0.15) is 25.8 Å². The van der Waals surface area contributed by atoms with E-state index in [0.717, 1.165) is 17.9 Å². The summed E-state index contributed by atoms with van der Waals surface area (Å²) < 4.78 is 0. The molecule has 1 aromatic carbocycles. The lowest BCUT2D eigenvalue weighted by Crippen LogP contribution is -2.41. The molecular formula is C12H19ClN2. The SMILES string of the molecule is CCC(C)C(Cc1cccc(Cl)c1)NN. The Morgan fingerprint density at radius 3 is 2.73 bits per heavy atom. The lowest BCUT2D eigenvalue weighted by Gasteiger charge is -2.22. The van der Waals surface area contributed by atoms with Crippen molar-refractivity contribution >= 4 is 11.6 Å². The van der Waals surface area contributed by atoms with E-state index in [1.165, 1.54) is 5.56 Å². The molecule has 15 heavy (non-hydrogen) atoms. The lowest BCUT2D eigenvalue weighted by atomic mass is 9.93. The zero-order valence-corrected chi connectivity index (χ0v) is 10.1. The van der Waals surface area contributed by atoms with E-state index in [4.69, 9.17) is 17.4 Å². The highest BCUT2D eigenvalue weighted by Crippen LogP contribution is 2.16. The van der Waals surface area contributed by atoms with Crippen molar-refractivity contribution in [3.05, 3.63) is 34.9 Å². The molecule has 2 unspecified atom stereocenters. The van der Waals surface area contributed by atoms with Crippen molar-refractivity contribution in [1.82, 2.24) is 5.43 Å². The van der Waals surface area contributed by atoms with Crippen molar-refractivity contribution in [2.45, 2.75) is 32.7 Å². The number of rotatable bonds is 5. The molecule has 2 atom stereocenters. The van der Waals surface area contributed by atoms with Gasteiger partial charge in [0.25, 0.3) is 0 Å². The first-order valence-electron chi connectivity index (χ1n) is 5.38. The Kier molecular flexibility index (Phi) is 5.09. The average Bonchev–Trinajstić information content (AvgIpc) is 2.25. The molecule has 0 fully saturated rings. The summed E-state index contributed by atoms with van der Waals surface area (Å²) in [6, 6.07) is 8.25. The number of nitrogens with one attached hydrogen (secondary N) is 1. The Labute approximate surface area is 96.8 Å². The summed E-state index contributed by atoms with van der Waals surface area (Å²) in [6.07, 6.45) is 2.04. The highest BCUT2D eigenvalue weighted by Gasteiger charge is 2.14. The first-order valence-corrected chi connectivity index (χ1v) is 5.75. The van der Waals surface area contributed by atoms with Crippen LogP contribution in [0.15, 0.2) is 24.3 Å². The molecule has 1 aromatic rings. The molecule has 1 rings (SSSR count). The molecule has 0 saturated heterocycles. The van der Waals surface area contributed by atoms with Crippen LogP contribution in [0.5, 0.6) is 0 Å². The molecule has 0 radical (unpaired) electrons. The van der Waals surface area contributed by atoms with Crippen molar-refractivity contribution in [2.24, 2.45) is 11.8 Å². The third-order valence-corrected chi connectivity index (χ3v) is 3.12. The van der Waals surface area contributed by atoms with Gasteiger partial charge in [0.2, 0.25) is 0 Å². The third kappa shape index (κ3) is 3.82. The second-order valence-electron chi connectivity index (χ2n) is 3.99. The molecule has 0 aliphatic heterocycles. The van der Waals surface area contributed by atoms with Crippen LogP contribution >= 0.6 is 11.6 Å². The molecule has 84 valence electrons. The number of halogens is 1. The number of hydrazine groups is 1. The van der Waals surface area contributed by atoms with Gasteiger partial charge in [-0.2, -0.15) is 0 Å². The Hall–Kier alpha value is -0.570. The fourth-order valence-corrected chi connectivity index (χ4v) is 1.84. The highest BCUT2D eigenvalue weighted by molar-refractivity contribution is 6.30. The summed E-state index contributed by atoms with van der Waals surface area (Å²) in [7, 11) is 0. The van der Waals surface area contributed by atoms with Crippen molar-refractivity contribution < 1.29 is 0 Å². The fourth-order valence-electron chi connectivity index (χ4n) is 1.63. The number of hydrogen-bond donors (Lipinski definition) is 2. The van der Waals surface area contributed by atoms with Gasteiger partial charge >= 0.3 is 0 Å². The molecule has 3 N–H and O–H groups in total. The monoisotopic (exact) mass is 226 g/mol. The predicted octanol–water partition coefficient (Wildman–Crippen LogP) is 2.76. The van der Waals surface area contributed by atoms with E-state index in [0.29, 0.717) is 12.0 Å². The van der Waals surface area contributed by atoms with Gasteiger partial charge in [0.05, 0.1) is 0 Å². The van der Waals surface area contributed by atoms with Crippen molar-refractivity contribution in [1.29, 1.82) is 0 Å². The van der Waals surface area contributed by atoms with Crippen LogP contribution in [-0.2, 0) is 6.42 Å². The van der Waals surface area contributed by atoms with E-state index in [9.17, 15) is 0 Å². The maximum atomic E-state index is 5.93. The second kappa shape index (κ2) is 6.11. The van der Waals surface area contributed by atoms with Gasteiger partial charge in [-0.15, -0.1) is 0 Å². The molecule has 0 aliphatic carbocycles.